The van der Waals surface area contributed by atoms with Crippen LogP contribution in [0, 0.1) is 0 Å². The number of hydrogen-bond acceptors (Lipinski definition) is 5. The quantitative estimate of drug-likeness (QED) is 0.807. The van der Waals surface area contributed by atoms with Crippen molar-refractivity contribution in [2.75, 3.05) is 5.73 Å². The molecule has 2 heterocycles. The van der Waals surface area contributed by atoms with Crippen LogP contribution in [0.3, 0.4) is 0 Å². The number of pyridine rings is 1. The Labute approximate surface area is 108 Å². The molecule has 92 valence electrons. The van der Waals surface area contributed by atoms with E-state index in [1.165, 1.54) is 12.3 Å². The molecular weight excluding hydrogens is 254 g/mol. The first kappa shape index (κ1) is 12.3. The molecule has 0 atom stereocenters. The highest BCUT2D eigenvalue weighted by molar-refractivity contribution is 6.29. The maximum atomic E-state index is 11.9. The Hall–Kier alpha value is -2.21. The summed E-state index contributed by atoms with van der Waals surface area (Å²) < 4.78 is 0. The van der Waals surface area contributed by atoms with Gasteiger partial charge in [-0.25, -0.2) is 4.98 Å². The summed E-state index contributed by atoms with van der Waals surface area (Å²) >= 11 is 5.71. The molecule has 0 aliphatic carbocycles. The monoisotopic (exact) mass is 263 g/mol. The fourth-order valence-electron chi connectivity index (χ4n) is 1.33. The number of halogens is 1. The van der Waals surface area contributed by atoms with Crippen molar-refractivity contribution >= 4 is 23.2 Å². The number of nitrogen functional groups attached to an aromatic ring is 1. The smallest absolute Gasteiger partial charge is 0.253 e. The summed E-state index contributed by atoms with van der Waals surface area (Å²) in [5.41, 5.74) is 6.87. The number of amides is 1. The van der Waals surface area contributed by atoms with Gasteiger partial charge in [-0.1, -0.05) is 11.6 Å². The molecule has 7 heteroatoms. The number of rotatable bonds is 3. The summed E-state index contributed by atoms with van der Waals surface area (Å²) in [5.74, 6) is -0.331. The van der Waals surface area contributed by atoms with Crippen LogP contribution in [-0.4, -0.2) is 21.1 Å². The van der Waals surface area contributed by atoms with Crippen LogP contribution >= 0.6 is 11.6 Å². The second-order valence-electron chi connectivity index (χ2n) is 3.49. The van der Waals surface area contributed by atoms with E-state index in [1.54, 1.807) is 18.3 Å². The first-order valence-electron chi connectivity index (χ1n) is 5.12. The van der Waals surface area contributed by atoms with Crippen molar-refractivity contribution < 1.29 is 4.79 Å². The summed E-state index contributed by atoms with van der Waals surface area (Å²) in [6, 6.07) is 4.92. The summed E-state index contributed by atoms with van der Waals surface area (Å²) in [5, 5.41) is 10.5. The molecule has 0 unspecified atom stereocenters. The second kappa shape index (κ2) is 5.42. The molecule has 6 nitrogen and oxygen atoms in total. The second-order valence-corrected chi connectivity index (χ2v) is 3.88. The summed E-state index contributed by atoms with van der Waals surface area (Å²) in [6.07, 6.45) is 2.91. The molecule has 0 aliphatic rings. The SMILES string of the molecule is Nc1cnc(Cl)cc1C(=O)NCc1cccnn1. The van der Waals surface area contributed by atoms with Gasteiger partial charge in [0.1, 0.15) is 5.15 Å². The van der Waals surface area contributed by atoms with Gasteiger partial charge in [0.2, 0.25) is 0 Å². The van der Waals surface area contributed by atoms with Crippen LogP contribution in [0.25, 0.3) is 0 Å². The van der Waals surface area contributed by atoms with Crippen LogP contribution in [0.4, 0.5) is 5.69 Å². The van der Waals surface area contributed by atoms with E-state index in [4.69, 9.17) is 17.3 Å². The molecule has 2 aromatic heterocycles. The van der Waals surface area contributed by atoms with Crippen molar-refractivity contribution in [1.29, 1.82) is 0 Å². The molecule has 0 radical (unpaired) electrons. The number of nitrogens with one attached hydrogen (secondary N) is 1. The Morgan fingerprint density at radius 1 is 1.50 bits per heavy atom. The lowest BCUT2D eigenvalue weighted by atomic mass is 10.2. The maximum absolute atomic E-state index is 11.9. The number of carbonyl (C=O) groups is 1. The number of anilines is 1. The van der Waals surface area contributed by atoms with Crippen LogP contribution in [0.5, 0.6) is 0 Å². The maximum Gasteiger partial charge on any atom is 0.253 e. The third-order valence-electron chi connectivity index (χ3n) is 2.20. The van der Waals surface area contributed by atoms with Crippen molar-refractivity contribution in [3.63, 3.8) is 0 Å². The zero-order chi connectivity index (χ0) is 13.0. The van der Waals surface area contributed by atoms with Gasteiger partial charge >= 0.3 is 0 Å². The number of aromatic nitrogens is 3. The Morgan fingerprint density at radius 3 is 3.06 bits per heavy atom. The first-order chi connectivity index (χ1) is 8.66. The topological polar surface area (TPSA) is 93.8 Å². The van der Waals surface area contributed by atoms with E-state index in [0.29, 0.717) is 11.3 Å². The van der Waals surface area contributed by atoms with Gasteiger partial charge in [-0.3, -0.25) is 4.79 Å². The number of carbonyl (C=O) groups excluding carboxylic acids is 1. The highest BCUT2D eigenvalue weighted by atomic mass is 35.5. The fraction of sp³-hybridized carbons (Fsp3) is 0.0909. The minimum atomic E-state index is -0.331. The predicted octanol–water partition coefficient (Wildman–Crippen LogP) is 1.04. The fourth-order valence-corrected chi connectivity index (χ4v) is 1.49. The largest absolute Gasteiger partial charge is 0.397 e. The molecule has 0 fully saturated rings. The molecule has 0 bridgehead atoms. The molecule has 0 aliphatic heterocycles. The summed E-state index contributed by atoms with van der Waals surface area (Å²) in [6.45, 7) is 0.270. The third-order valence-corrected chi connectivity index (χ3v) is 2.41. The van der Waals surface area contributed by atoms with Gasteiger partial charge in [-0.15, -0.1) is 0 Å². The molecular formula is C11H10ClN5O. The van der Waals surface area contributed by atoms with E-state index in [0.717, 1.165) is 0 Å². The van der Waals surface area contributed by atoms with Crippen molar-refractivity contribution in [2.45, 2.75) is 6.54 Å². The Bertz CT molecular complexity index is 561. The van der Waals surface area contributed by atoms with E-state index in [1.807, 2.05) is 0 Å². The minimum absolute atomic E-state index is 0.217. The van der Waals surface area contributed by atoms with Crippen molar-refractivity contribution in [1.82, 2.24) is 20.5 Å². The summed E-state index contributed by atoms with van der Waals surface area (Å²) in [7, 11) is 0. The van der Waals surface area contributed by atoms with E-state index in [9.17, 15) is 4.79 Å². The molecule has 0 aromatic carbocycles. The Kier molecular flexibility index (Phi) is 3.69. The van der Waals surface area contributed by atoms with Crippen molar-refractivity contribution in [3.8, 4) is 0 Å². The van der Waals surface area contributed by atoms with Gasteiger partial charge < -0.3 is 11.1 Å². The molecule has 1 amide bonds. The van der Waals surface area contributed by atoms with E-state index < -0.39 is 0 Å². The lowest BCUT2D eigenvalue weighted by molar-refractivity contribution is 0.0951. The lowest BCUT2D eigenvalue weighted by Crippen LogP contribution is -2.24. The van der Waals surface area contributed by atoms with Crippen LogP contribution < -0.4 is 11.1 Å². The molecule has 0 saturated carbocycles. The summed E-state index contributed by atoms with van der Waals surface area (Å²) in [4.78, 5) is 15.6. The van der Waals surface area contributed by atoms with Gasteiger partial charge in [0.05, 0.1) is 29.7 Å². The molecule has 0 saturated heterocycles. The molecule has 0 spiro atoms. The molecule has 3 N–H and O–H groups in total. The number of nitrogens with zero attached hydrogens (tertiary/aromatic N) is 3. The highest BCUT2D eigenvalue weighted by Gasteiger charge is 2.10. The van der Waals surface area contributed by atoms with Crippen LogP contribution in [0.2, 0.25) is 5.15 Å². The van der Waals surface area contributed by atoms with E-state index >= 15 is 0 Å². The van der Waals surface area contributed by atoms with Crippen LogP contribution in [0.15, 0.2) is 30.6 Å². The Morgan fingerprint density at radius 2 is 2.33 bits per heavy atom. The van der Waals surface area contributed by atoms with E-state index in [2.05, 4.69) is 20.5 Å². The van der Waals surface area contributed by atoms with Crippen molar-refractivity contribution in [3.05, 3.63) is 47.0 Å². The zero-order valence-corrected chi connectivity index (χ0v) is 10.1. The average molecular weight is 264 g/mol. The van der Waals surface area contributed by atoms with Gasteiger partial charge in [0.25, 0.3) is 5.91 Å². The molecule has 2 rings (SSSR count). The highest BCUT2D eigenvalue weighted by Crippen LogP contribution is 2.14. The number of nitrogens with two attached hydrogens (primary N) is 1. The van der Waals surface area contributed by atoms with Crippen LogP contribution in [-0.2, 0) is 6.54 Å². The first-order valence-corrected chi connectivity index (χ1v) is 5.50. The zero-order valence-electron chi connectivity index (χ0n) is 9.30. The third kappa shape index (κ3) is 2.92. The minimum Gasteiger partial charge on any atom is -0.397 e. The number of hydrogen-bond donors (Lipinski definition) is 2. The average Bonchev–Trinajstić information content (AvgIpc) is 2.40. The van der Waals surface area contributed by atoms with Crippen molar-refractivity contribution in [2.24, 2.45) is 0 Å². The van der Waals surface area contributed by atoms with E-state index in [-0.39, 0.29) is 23.3 Å². The molecule has 18 heavy (non-hydrogen) atoms. The standard InChI is InChI=1S/C11H10ClN5O/c12-10-4-8(9(13)6-14-10)11(18)15-5-7-2-1-3-16-17-7/h1-4,6H,5,13H2,(H,15,18). The predicted molar refractivity (Wildman–Crippen MR) is 66.9 cm³/mol. The van der Waals surface area contributed by atoms with Gasteiger partial charge in [-0.2, -0.15) is 10.2 Å². The Balaban J connectivity index is 2.06. The van der Waals surface area contributed by atoms with Gasteiger partial charge in [0.15, 0.2) is 0 Å². The van der Waals surface area contributed by atoms with Gasteiger partial charge in [-0.05, 0) is 18.2 Å². The van der Waals surface area contributed by atoms with Crippen LogP contribution in [0.1, 0.15) is 16.1 Å². The lowest BCUT2D eigenvalue weighted by Gasteiger charge is -2.06. The van der Waals surface area contributed by atoms with Gasteiger partial charge in [0, 0.05) is 6.20 Å². The molecule has 2 aromatic rings. The normalized spacial score (nSPS) is 10.1.